The van der Waals surface area contributed by atoms with Crippen LogP contribution >= 0.6 is 11.8 Å². The zero-order chi connectivity index (χ0) is 29.5. The van der Waals surface area contributed by atoms with E-state index in [0.717, 1.165) is 5.56 Å². The van der Waals surface area contributed by atoms with Crippen LogP contribution < -0.4 is 33.2 Å². The van der Waals surface area contributed by atoms with Crippen molar-refractivity contribution in [2.24, 2.45) is 28.1 Å². The highest BCUT2D eigenvalue weighted by Gasteiger charge is 2.31. The minimum Gasteiger partial charge on any atom is -0.508 e. The summed E-state index contributed by atoms with van der Waals surface area (Å²) in [6.07, 6.45) is 2.75. The largest absolute Gasteiger partial charge is 0.508 e. The molecule has 0 saturated heterocycles. The van der Waals surface area contributed by atoms with Crippen LogP contribution in [0.5, 0.6) is 5.75 Å². The number of carboxylic acid groups (broad SMARTS) is 1. The zero-order valence-corrected chi connectivity index (χ0v) is 23.4. The standard InChI is InChI=1S/C25H41N7O6S/c1-14(2)20(24(37)38)32-23(36)19(10-12-39-3)31-22(35)18(5-4-11-29-25(27)28)30-21(34)17(26)13-15-6-8-16(33)9-7-15/h6-9,14,17-20,33H,4-5,10-13,26H2,1-3H3,(H,30,34)(H,31,35)(H,32,36)(H,37,38)(H4,27,28,29). The number of rotatable bonds is 17. The second-order valence-electron chi connectivity index (χ2n) is 9.40. The summed E-state index contributed by atoms with van der Waals surface area (Å²) in [7, 11) is 0. The molecule has 0 aliphatic carbocycles. The van der Waals surface area contributed by atoms with E-state index in [0.29, 0.717) is 12.2 Å². The minimum atomic E-state index is -1.18. The van der Waals surface area contributed by atoms with E-state index in [-0.39, 0.29) is 43.4 Å². The van der Waals surface area contributed by atoms with Crippen LogP contribution in [0, 0.1) is 5.92 Å². The Hall–Kier alpha value is -3.52. The van der Waals surface area contributed by atoms with Crippen molar-refractivity contribution in [2.45, 2.75) is 63.7 Å². The Labute approximate surface area is 232 Å². The number of carbonyl (C=O) groups is 4. The maximum atomic E-state index is 13.3. The van der Waals surface area contributed by atoms with E-state index in [1.807, 2.05) is 6.26 Å². The number of carboxylic acids is 1. The lowest BCUT2D eigenvalue weighted by molar-refractivity contribution is -0.143. The van der Waals surface area contributed by atoms with E-state index in [2.05, 4.69) is 20.9 Å². The summed E-state index contributed by atoms with van der Waals surface area (Å²) in [6, 6.07) is 2.05. The second-order valence-corrected chi connectivity index (χ2v) is 10.4. The van der Waals surface area contributed by atoms with Gasteiger partial charge in [0.1, 0.15) is 23.9 Å². The SMILES string of the molecule is CSCCC(NC(=O)C(CCCN=C(N)N)NC(=O)C(N)Cc1ccc(O)cc1)C(=O)NC(C(=O)O)C(C)C. The Bertz CT molecular complexity index is 986. The van der Waals surface area contributed by atoms with Crippen molar-refractivity contribution in [2.75, 3.05) is 18.6 Å². The van der Waals surface area contributed by atoms with Crippen LogP contribution in [0.2, 0.25) is 0 Å². The number of aliphatic carboxylic acids is 1. The monoisotopic (exact) mass is 567 g/mol. The number of phenolic OH excluding ortho intramolecular Hbond substituents is 1. The Kier molecular flexibility index (Phi) is 14.7. The van der Waals surface area contributed by atoms with Crippen molar-refractivity contribution in [3.05, 3.63) is 29.8 Å². The lowest BCUT2D eigenvalue weighted by Crippen LogP contribution is -2.57. The highest BCUT2D eigenvalue weighted by molar-refractivity contribution is 7.98. The number of carbonyl (C=O) groups excluding carboxylic acids is 3. The predicted molar refractivity (Wildman–Crippen MR) is 151 cm³/mol. The summed E-state index contributed by atoms with van der Waals surface area (Å²) >= 11 is 1.46. The van der Waals surface area contributed by atoms with Crippen LogP contribution in [0.15, 0.2) is 29.3 Å². The summed E-state index contributed by atoms with van der Waals surface area (Å²) < 4.78 is 0. The van der Waals surface area contributed by atoms with Gasteiger partial charge >= 0.3 is 5.97 Å². The van der Waals surface area contributed by atoms with E-state index in [4.69, 9.17) is 17.2 Å². The van der Waals surface area contributed by atoms with Crippen LogP contribution in [0.4, 0.5) is 0 Å². The second kappa shape index (κ2) is 17.1. The van der Waals surface area contributed by atoms with Crippen LogP contribution in [0.3, 0.4) is 0 Å². The first-order chi connectivity index (χ1) is 18.3. The average Bonchev–Trinajstić information content (AvgIpc) is 2.87. The summed E-state index contributed by atoms with van der Waals surface area (Å²) in [5.74, 6) is -2.89. The molecule has 0 spiro atoms. The third-order valence-corrected chi connectivity index (χ3v) is 6.43. The molecule has 1 rings (SSSR count). The van der Waals surface area contributed by atoms with Crippen LogP contribution in [0.1, 0.15) is 38.7 Å². The highest BCUT2D eigenvalue weighted by atomic mass is 32.2. The van der Waals surface area contributed by atoms with E-state index >= 15 is 0 Å². The van der Waals surface area contributed by atoms with Crippen molar-refractivity contribution >= 4 is 41.4 Å². The Morgan fingerprint density at radius 3 is 2.05 bits per heavy atom. The number of guanidine groups is 1. The fourth-order valence-electron chi connectivity index (χ4n) is 3.57. The van der Waals surface area contributed by atoms with Gasteiger partial charge in [0.2, 0.25) is 17.7 Å². The molecular weight excluding hydrogens is 526 g/mol. The van der Waals surface area contributed by atoms with Gasteiger partial charge in [-0.2, -0.15) is 11.8 Å². The first-order valence-electron chi connectivity index (χ1n) is 12.6. The van der Waals surface area contributed by atoms with Gasteiger partial charge in [-0.25, -0.2) is 4.79 Å². The van der Waals surface area contributed by atoms with Gasteiger partial charge in [-0.15, -0.1) is 0 Å². The lowest BCUT2D eigenvalue weighted by atomic mass is 10.0. The molecular formula is C25H41N7O6S. The summed E-state index contributed by atoms with van der Waals surface area (Å²) in [5.41, 5.74) is 17.5. The topological polar surface area (TPSA) is 235 Å². The summed E-state index contributed by atoms with van der Waals surface area (Å²) in [4.78, 5) is 54.6. The molecule has 0 saturated carbocycles. The van der Waals surface area contributed by atoms with E-state index < -0.39 is 47.9 Å². The molecule has 0 heterocycles. The molecule has 14 heteroatoms. The Morgan fingerprint density at radius 1 is 0.949 bits per heavy atom. The number of aliphatic imine (C=N–C) groups is 1. The number of nitrogens with two attached hydrogens (primary N) is 3. The van der Waals surface area contributed by atoms with E-state index in [1.54, 1.807) is 26.0 Å². The number of aromatic hydroxyl groups is 1. The van der Waals surface area contributed by atoms with Crippen molar-refractivity contribution in [3.8, 4) is 5.75 Å². The molecule has 11 N–H and O–H groups in total. The Balaban J connectivity index is 3.02. The lowest BCUT2D eigenvalue weighted by Gasteiger charge is -2.26. The van der Waals surface area contributed by atoms with Crippen LogP contribution in [-0.2, 0) is 25.6 Å². The molecule has 4 unspecified atom stereocenters. The van der Waals surface area contributed by atoms with Gasteiger partial charge in [-0.1, -0.05) is 26.0 Å². The third-order valence-electron chi connectivity index (χ3n) is 5.78. The smallest absolute Gasteiger partial charge is 0.326 e. The molecule has 0 aliphatic heterocycles. The van der Waals surface area contributed by atoms with Gasteiger partial charge < -0.3 is 43.4 Å². The fraction of sp³-hybridized carbons (Fsp3) is 0.560. The molecule has 1 aromatic rings. The average molecular weight is 568 g/mol. The first kappa shape index (κ1) is 33.5. The molecule has 13 nitrogen and oxygen atoms in total. The maximum Gasteiger partial charge on any atom is 0.326 e. The third kappa shape index (κ3) is 12.7. The van der Waals surface area contributed by atoms with Crippen LogP contribution in [0.25, 0.3) is 0 Å². The van der Waals surface area contributed by atoms with Crippen molar-refractivity contribution in [1.29, 1.82) is 0 Å². The van der Waals surface area contributed by atoms with Crippen molar-refractivity contribution < 1.29 is 29.4 Å². The van der Waals surface area contributed by atoms with Crippen LogP contribution in [-0.4, -0.2) is 82.6 Å². The number of phenols is 1. The number of nitrogens with one attached hydrogen (secondary N) is 3. The van der Waals surface area contributed by atoms with Gasteiger partial charge in [0.25, 0.3) is 0 Å². The van der Waals surface area contributed by atoms with Crippen molar-refractivity contribution in [3.63, 3.8) is 0 Å². The predicted octanol–water partition coefficient (Wildman–Crippen LogP) is -0.736. The Morgan fingerprint density at radius 2 is 1.51 bits per heavy atom. The normalized spacial score (nSPS) is 14.0. The maximum absolute atomic E-state index is 13.3. The molecule has 3 amide bonds. The molecule has 0 aromatic heterocycles. The van der Waals surface area contributed by atoms with Gasteiger partial charge in [0, 0.05) is 6.54 Å². The number of amides is 3. The van der Waals surface area contributed by atoms with Gasteiger partial charge in [0.05, 0.1) is 6.04 Å². The number of benzene rings is 1. The molecule has 0 bridgehead atoms. The number of hydrogen-bond donors (Lipinski definition) is 8. The molecule has 39 heavy (non-hydrogen) atoms. The molecule has 4 atom stereocenters. The first-order valence-corrected chi connectivity index (χ1v) is 14.0. The van der Waals surface area contributed by atoms with Gasteiger partial charge in [-0.05, 0) is 61.3 Å². The molecule has 0 aliphatic rings. The molecule has 218 valence electrons. The van der Waals surface area contributed by atoms with Gasteiger partial charge in [0.15, 0.2) is 5.96 Å². The molecule has 0 fully saturated rings. The number of thioether (sulfide) groups is 1. The fourth-order valence-corrected chi connectivity index (χ4v) is 4.05. The van der Waals surface area contributed by atoms with Gasteiger partial charge in [-0.3, -0.25) is 19.4 Å². The minimum absolute atomic E-state index is 0.0809. The molecule has 1 aromatic carbocycles. The summed E-state index contributed by atoms with van der Waals surface area (Å²) in [6.45, 7) is 3.54. The number of hydrogen-bond acceptors (Lipinski definition) is 8. The zero-order valence-electron chi connectivity index (χ0n) is 22.6. The number of nitrogens with zero attached hydrogens (tertiary/aromatic N) is 1. The quantitative estimate of drug-likeness (QED) is 0.0667. The van der Waals surface area contributed by atoms with Crippen molar-refractivity contribution in [1.82, 2.24) is 16.0 Å². The highest BCUT2D eigenvalue weighted by Crippen LogP contribution is 2.12. The summed E-state index contributed by atoms with van der Waals surface area (Å²) in [5, 5.41) is 26.7. The van der Waals surface area contributed by atoms with E-state index in [1.165, 1.54) is 23.9 Å². The van der Waals surface area contributed by atoms with E-state index in [9.17, 15) is 29.4 Å². The molecule has 0 radical (unpaired) electrons.